The number of piperazine rings is 1. The van der Waals surface area contributed by atoms with Crippen LogP contribution in [-0.2, 0) is 6.42 Å². The molecule has 0 aromatic heterocycles. The molecule has 2 aliphatic rings. The maximum absolute atomic E-state index is 11.1. The first-order chi connectivity index (χ1) is 8.56. The highest BCUT2D eigenvalue weighted by molar-refractivity contribution is 9.10. The van der Waals surface area contributed by atoms with Crippen molar-refractivity contribution in [3.05, 3.63) is 28.2 Å². The fourth-order valence-corrected chi connectivity index (χ4v) is 3.49. The Bertz CT molecular complexity index is 506. The summed E-state index contributed by atoms with van der Waals surface area (Å²) >= 11 is 3.51. The van der Waals surface area contributed by atoms with E-state index < -0.39 is 6.09 Å². The zero-order valence-electron chi connectivity index (χ0n) is 10.1. The molecular formula is C13H15BrN2O2. The molecule has 0 saturated carbocycles. The van der Waals surface area contributed by atoms with Crippen LogP contribution in [0.2, 0.25) is 0 Å². The third-order valence-electron chi connectivity index (χ3n) is 3.84. The summed E-state index contributed by atoms with van der Waals surface area (Å²) in [6.45, 7) is 3.28. The number of amides is 1. The molecule has 1 aromatic rings. The van der Waals surface area contributed by atoms with Crippen molar-refractivity contribution in [2.75, 3.05) is 18.0 Å². The lowest BCUT2D eigenvalue weighted by molar-refractivity contribution is 0.128. The summed E-state index contributed by atoms with van der Waals surface area (Å²) in [7, 11) is 0. The number of nitrogens with zero attached hydrogens (tertiary/aromatic N) is 2. The molecule has 0 aliphatic carbocycles. The summed E-state index contributed by atoms with van der Waals surface area (Å²) in [4.78, 5) is 15.0. The number of halogens is 1. The van der Waals surface area contributed by atoms with E-state index in [1.807, 2.05) is 0 Å². The lowest BCUT2D eigenvalue weighted by Crippen LogP contribution is -2.57. The van der Waals surface area contributed by atoms with Crippen LogP contribution in [0.15, 0.2) is 22.7 Å². The van der Waals surface area contributed by atoms with Gasteiger partial charge in [-0.15, -0.1) is 0 Å². The summed E-state index contributed by atoms with van der Waals surface area (Å²) in [6.07, 6.45) is 0.134. The van der Waals surface area contributed by atoms with Gasteiger partial charge in [-0.05, 0) is 31.0 Å². The zero-order chi connectivity index (χ0) is 12.9. The van der Waals surface area contributed by atoms with Gasteiger partial charge in [-0.3, -0.25) is 0 Å². The third-order valence-corrected chi connectivity index (χ3v) is 4.33. The molecule has 1 fully saturated rings. The zero-order valence-corrected chi connectivity index (χ0v) is 11.7. The van der Waals surface area contributed by atoms with Gasteiger partial charge < -0.3 is 14.9 Å². The summed E-state index contributed by atoms with van der Waals surface area (Å²) in [6, 6.07) is 6.85. The highest BCUT2D eigenvalue weighted by atomic mass is 79.9. The van der Waals surface area contributed by atoms with Crippen LogP contribution < -0.4 is 4.90 Å². The van der Waals surface area contributed by atoms with Crippen molar-refractivity contribution in [1.29, 1.82) is 0 Å². The van der Waals surface area contributed by atoms with Crippen molar-refractivity contribution in [3.63, 3.8) is 0 Å². The van der Waals surface area contributed by atoms with Gasteiger partial charge in [0.2, 0.25) is 0 Å². The van der Waals surface area contributed by atoms with Crippen molar-refractivity contribution >= 4 is 27.7 Å². The Kier molecular flexibility index (Phi) is 2.73. The normalized spacial score (nSPS) is 25.9. The van der Waals surface area contributed by atoms with Gasteiger partial charge in [-0.2, -0.15) is 0 Å². The number of anilines is 1. The molecule has 0 bridgehead atoms. The van der Waals surface area contributed by atoms with Crippen molar-refractivity contribution in [2.24, 2.45) is 0 Å². The second-order valence-corrected chi connectivity index (χ2v) is 5.99. The van der Waals surface area contributed by atoms with Crippen molar-refractivity contribution in [2.45, 2.75) is 25.4 Å². The fourth-order valence-electron chi connectivity index (χ4n) is 3.14. The third kappa shape index (κ3) is 1.77. The van der Waals surface area contributed by atoms with E-state index in [9.17, 15) is 4.79 Å². The predicted molar refractivity (Wildman–Crippen MR) is 73.2 cm³/mol. The van der Waals surface area contributed by atoms with Crippen LogP contribution in [0.5, 0.6) is 0 Å². The van der Waals surface area contributed by atoms with Crippen molar-refractivity contribution in [3.8, 4) is 0 Å². The van der Waals surface area contributed by atoms with Gasteiger partial charge in [0, 0.05) is 29.3 Å². The predicted octanol–water partition coefficient (Wildman–Crippen LogP) is 2.56. The average Bonchev–Trinajstić information content (AvgIpc) is 2.66. The quantitative estimate of drug-likeness (QED) is 0.801. The van der Waals surface area contributed by atoms with E-state index in [1.54, 1.807) is 0 Å². The second-order valence-electron chi connectivity index (χ2n) is 5.07. The van der Waals surface area contributed by atoms with Crippen molar-refractivity contribution in [1.82, 2.24) is 4.90 Å². The number of hydrogen-bond acceptors (Lipinski definition) is 2. The lowest BCUT2D eigenvalue weighted by Gasteiger charge is -2.42. The molecule has 1 N–H and O–H groups in total. The smallest absolute Gasteiger partial charge is 0.407 e. The van der Waals surface area contributed by atoms with Gasteiger partial charge in [-0.25, -0.2) is 4.79 Å². The monoisotopic (exact) mass is 310 g/mol. The first-order valence-corrected chi connectivity index (χ1v) is 6.90. The minimum Gasteiger partial charge on any atom is -0.465 e. The Hall–Kier alpha value is -1.23. The van der Waals surface area contributed by atoms with Gasteiger partial charge in [0.1, 0.15) is 0 Å². The highest BCUT2D eigenvalue weighted by Gasteiger charge is 2.39. The van der Waals surface area contributed by atoms with Gasteiger partial charge in [0.25, 0.3) is 0 Å². The molecule has 4 nitrogen and oxygen atoms in total. The molecular weight excluding hydrogens is 296 g/mol. The molecule has 1 amide bonds. The number of benzene rings is 1. The van der Waals surface area contributed by atoms with E-state index in [0.717, 1.165) is 10.9 Å². The highest BCUT2D eigenvalue weighted by Crippen LogP contribution is 2.38. The second kappa shape index (κ2) is 4.16. The largest absolute Gasteiger partial charge is 0.465 e. The molecule has 2 aliphatic heterocycles. The Morgan fingerprint density at radius 3 is 2.94 bits per heavy atom. The van der Waals surface area contributed by atoms with Crippen LogP contribution in [-0.4, -0.2) is 41.3 Å². The SMILES string of the molecule is C[C@@H]1CN(C(=O)O)C[C@H]2Cc3ccc(Br)cc3N21. The number of rotatable bonds is 0. The van der Waals surface area contributed by atoms with Crippen LogP contribution in [0.25, 0.3) is 0 Å². The van der Waals surface area contributed by atoms with E-state index in [4.69, 9.17) is 5.11 Å². The van der Waals surface area contributed by atoms with E-state index >= 15 is 0 Å². The van der Waals surface area contributed by atoms with E-state index in [1.165, 1.54) is 16.2 Å². The molecule has 5 heteroatoms. The minimum absolute atomic E-state index is 0.232. The van der Waals surface area contributed by atoms with Gasteiger partial charge in [0.05, 0.1) is 6.04 Å². The Morgan fingerprint density at radius 1 is 1.44 bits per heavy atom. The van der Waals surface area contributed by atoms with Crippen LogP contribution in [0.4, 0.5) is 10.5 Å². The standard InChI is InChI=1S/C13H15BrN2O2/c1-8-6-15(13(17)18)7-11-4-9-2-3-10(14)5-12(9)16(8)11/h2-3,5,8,11H,4,6-7H2,1H3,(H,17,18)/t8-,11-/m1/s1. The topological polar surface area (TPSA) is 43.8 Å². The van der Waals surface area contributed by atoms with E-state index in [0.29, 0.717) is 13.1 Å². The summed E-state index contributed by atoms with van der Waals surface area (Å²) in [5, 5.41) is 9.14. The van der Waals surface area contributed by atoms with Crippen LogP contribution in [0.1, 0.15) is 12.5 Å². The molecule has 18 heavy (non-hydrogen) atoms. The average molecular weight is 311 g/mol. The number of hydrogen-bond donors (Lipinski definition) is 1. The molecule has 96 valence electrons. The first kappa shape index (κ1) is 11.8. The summed E-state index contributed by atoms with van der Waals surface area (Å²) in [5.74, 6) is 0. The summed E-state index contributed by atoms with van der Waals surface area (Å²) < 4.78 is 1.08. The molecule has 0 radical (unpaired) electrons. The first-order valence-electron chi connectivity index (χ1n) is 6.11. The molecule has 2 atom stereocenters. The molecule has 0 spiro atoms. The molecule has 1 aromatic carbocycles. The van der Waals surface area contributed by atoms with Crippen LogP contribution >= 0.6 is 15.9 Å². The number of fused-ring (bicyclic) bond motifs is 3. The van der Waals surface area contributed by atoms with E-state index in [-0.39, 0.29) is 12.1 Å². The van der Waals surface area contributed by atoms with Crippen molar-refractivity contribution < 1.29 is 9.90 Å². The fraction of sp³-hybridized carbons (Fsp3) is 0.462. The molecule has 3 rings (SSSR count). The van der Waals surface area contributed by atoms with Crippen LogP contribution in [0, 0.1) is 0 Å². The summed E-state index contributed by atoms with van der Waals surface area (Å²) in [5.41, 5.74) is 2.58. The van der Waals surface area contributed by atoms with E-state index in [2.05, 4.69) is 46.0 Å². The Labute approximate surface area is 114 Å². The van der Waals surface area contributed by atoms with Gasteiger partial charge in [-0.1, -0.05) is 22.0 Å². The number of carboxylic acid groups (broad SMARTS) is 1. The Morgan fingerprint density at radius 2 is 2.22 bits per heavy atom. The van der Waals surface area contributed by atoms with Gasteiger partial charge in [0.15, 0.2) is 0 Å². The minimum atomic E-state index is -0.807. The molecule has 0 unspecified atom stereocenters. The Balaban J connectivity index is 1.93. The molecule has 2 heterocycles. The maximum Gasteiger partial charge on any atom is 0.407 e. The maximum atomic E-state index is 11.1. The number of carbonyl (C=O) groups is 1. The van der Waals surface area contributed by atoms with Gasteiger partial charge >= 0.3 is 6.09 Å². The lowest BCUT2D eigenvalue weighted by atomic mass is 10.1. The molecule has 1 saturated heterocycles. The van der Waals surface area contributed by atoms with Crippen LogP contribution in [0.3, 0.4) is 0 Å².